The zero-order valence-electron chi connectivity index (χ0n) is 10.1. The first-order valence-electron chi connectivity index (χ1n) is 5.17. The van der Waals surface area contributed by atoms with Gasteiger partial charge >= 0.3 is 0 Å². The molecule has 0 amide bonds. The minimum absolute atomic E-state index is 0.0463. The Morgan fingerprint density at radius 1 is 1.00 bits per heavy atom. The van der Waals surface area contributed by atoms with Crippen LogP contribution >= 0.6 is 0 Å². The Morgan fingerprint density at radius 3 is 2.00 bits per heavy atom. The van der Waals surface area contributed by atoms with E-state index in [1.165, 1.54) is 6.07 Å². The maximum atomic E-state index is 13.4. The Balaban J connectivity index is 2.92. The smallest absolute Gasteiger partial charge is 0.165 e. The second-order valence-electron chi connectivity index (χ2n) is 5.29. The Bertz CT molecular complexity index is 337. The summed E-state index contributed by atoms with van der Waals surface area (Å²) in [6, 6.07) is 6.50. The topological polar surface area (TPSA) is 9.23 Å². The summed E-state index contributed by atoms with van der Waals surface area (Å²) in [4.78, 5) is 0. The molecule has 0 heterocycles. The summed E-state index contributed by atoms with van der Waals surface area (Å²) in [7, 11) is 0. The van der Waals surface area contributed by atoms with E-state index in [0.717, 1.165) is 0 Å². The molecule has 0 unspecified atom stereocenters. The molecule has 1 aromatic carbocycles. The fourth-order valence-electron chi connectivity index (χ4n) is 0.955. The lowest BCUT2D eigenvalue weighted by atomic mass is 9.79. The molecule has 0 spiro atoms. The minimum Gasteiger partial charge on any atom is -0.484 e. The van der Waals surface area contributed by atoms with Crippen molar-refractivity contribution < 1.29 is 9.13 Å². The first kappa shape index (κ1) is 12.0. The summed E-state index contributed by atoms with van der Waals surface area (Å²) in [5.41, 5.74) is -0.454. The van der Waals surface area contributed by atoms with Crippen molar-refractivity contribution >= 4 is 0 Å². The normalized spacial score (nSPS) is 12.7. The van der Waals surface area contributed by atoms with Crippen molar-refractivity contribution in [2.75, 3.05) is 0 Å². The SMILES string of the molecule is CC(C)(C)C(C)(C)Oc1ccccc1F. The van der Waals surface area contributed by atoms with E-state index in [2.05, 4.69) is 20.8 Å². The third-order valence-electron chi connectivity index (χ3n) is 3.01. The van der Waals surface area contributed by atoms with Crippen LogP contribution in [0.1, 0.15) is 34.6 Å². The molecule has 0 saturated carbocycles. The number of benzene rings is 1. The van der Waals surface area contributed by atoms with Crippen LogP contribution in [-0.4, -0.2) is 5.60 Å². The molecule has 0 radical (unpaired) electrons. The van der Waals surface area contributed by atoms with Crippen molar-refractivity contribution in [1.29, 1.82) is 0 Å². The first-order chi connectivity index (χ1) is 6.74. The molecule has 84 valence electrons. The van der Waals surface area contributed by atoms with E-state index in [0.29, 0.717) is 5.75 Å². The Hall–Kier alpha value is -1.05. The molecule has 15 heavy (non-hydrogen) atoms. The van der Waals surface area contributed by atoms with Crippen molar-refractivity contribution in [2.45, 2.75) is 40.2 Å². The molecule has 1 rings (SSSR count). The van der Waals surface area contributed by atoms with Crippen molar-refractivity contribution in [2.24, 2.45) is 5.41 Å². The third kappa shape index (κ3) is 2.71. The van der Waals surface area contributed by atoms with Gasteiger partial charge in [-0.1, -0.05) is 32.9 Å². The van der Waals surface area contributed by atoms with Crippen LogP contribution in [0.15, 0.2) is 24.3 Å². The van der Waals surface area contributed by atoms with Crippen molar-refractivity contribution in [1.82, 2.24) is 0 Å². The molecular weight excluding hydrogens is 191 g/mol. The number of para-hydroxylation sites is 1. The van der Waals surface area contributed by atoms with Gasteiger partial charge in [0.1, 0.15) is 5.60 Å². The Labute approximate surface area is 91.3 Å². The van der Waals surface area contributed by atoms with Crippen LogP contribution in [0.5, 0.6) is 5.75 Å². The minimum atomic E-state index is -0.408. The zero-order valence-corrected chi connectivity index (χ0v) is 10.1. The van der Waals surface area contributed by atoms with Crippen LogP contribution < -0.4 is 4.74 Å². The van der Waals surface area contributed by atoms with E-state index in [-0.39, 0.29) is 11.2 Å². The average Bonchev–Trinajstić information content (AvgIpc) is 2.06. The maximum absolute atomic E-state index is 13.4. The summed E-state index contributed by atoms with van der Waals surface area (Å²) in [5.74, 6) is 0.00671. The lowest BCUT2D eigenvalue weighted by Gasteiger charge is -2.39. The fraction of sp³-hybridized carbons (Fsp3) is 0.538. The fourth-order valence-corrected chi connectivity index (χ4v) is 0.955. The molecule has 0 aliphatic rings. The monoisotopic (exact) mass is 210 g/mol. The average molecular weight is 210 g/mol. The Morgan fingerprint density at radius 2 is 1.53 bits per heavy atom. The van der Waals surface area contributed by atoms with Gasteiger partial charge in [0.05, 0.1) is 0 Å². The number of ether oxygens (including phenoxy) is 1. The maximum Gasteiger partial charge on any atom is 0.165 e. The second-order valence-corrected chi connectivity index (χ2v) is 5.29. The molecule has 0 N–H and O–H groups in total. The van der Waals surface area contributed by atoms with Gasteiger partial charge in [-0.15, -0.1) is 0 Å². The summed E-state index contributed by atoms with van der Waals surface area (Å²) in [5, 5.41) is 0. The number of hydrogen-bond donors (Lipinski definition) is 0. The van der Waals surface area contributed by atoms with E-state index >= 15 is 0 Å². The van der Waals surface area contributed by atoms with Gasteiger partial charge in [0, 0.05) is 5.41 Å². The third-order valence-corrected chi connectivity index (χ3v) is 3.01. The highest BCUT2D eigenvalue weighted by Crippen LogP contribution is 2.34. The Kier molecular flexibility index (Phi) is 3.08. The second kappa shape index (κ2) is 3.84. The quantitative estimate of drug-likeness (QED) is 0.716. The summed E-state index contributed by atoms with van der Waals surface area (Å²) >= 11 is 0. The lowest BCUT2D eigenvalue weighted by Crippen LogP contribution is -2.42. The molecular formula is C13H19FO. The van der Waals surface area contributed by atoms with Gasteiger partial charge in [0.2, 0.25) is 0 Å². The van der Waals surface area contributed by atoms with Crippen LogP contribution in [-0.2, 0) is 0 Å². The molecule has 0 aromatic heterocycles. The van der Waals surface area contributed by atoms with Gasteiger partial charge in [0.25, 0.3) is 0 Å². The molecule has 1 nitrogen and oxygen atoms in total. The van der Waals surface area contributed by atoms with E-state index < -0.39 is 5.60 Å². The van der Waals surface area contributed by atoms with Gasteiger partial charge < -0.3 is 4.74 Å². The highest BCUT2D eigenvalue weighted by molar-refractivity contribution is 5.24. The highest BCUT2D eigenvalue weighted by Gasteiger charge is 2.35. The van der Waals surface area contributed by atoms with Gasteiger partial charge in [-0.25, -0.2) is 4.39 Å². The van der Waals surface area contributed by atoms with Crippen LogP contribution in [0.4, 0.5) is 4.39 Å². The standard InChI is InChI=1S/C13H19FO/c1-12(2,3)13(4,5)15-11-9-7-6-8-10(11)14/h6-9H,1-5H3. The molecule has 2 heteroatoms. The van der Waals surface area contributed by atoms with E-state index in [1.807, 2.05) is 13.8 Å². The molecule has 0 saturated heterocycles. The number of halogens is 1. The van der Waals surface area contributed by atoms with E-state index in [9.17, 15) is 4.39 Å². The van der Waals surface area contributed by atoms with Crippen molar-refractivity contribution in [3.05, 3.63) is 30.1 Å². The van der Waals surface area contributed by atoms with Crippen LogP contribution in [0, 0.1) is 11.2 Å². The van der Waals surface area contributed by atoms with Crippen LogP contribution in [0.25, 0.3) is 0 Å². The highest BCUT2D eigenvalue weighted by atomic mass is 19.1. The van der Waals surface area contributed by atoms with Crippen molar-refractivity contribution in [3.8, 4) is 5.75 Å². The largest absolute Gasteiger partial charge is 0.484 e. The van der Waals surface area contributed by atoms with Gasteiger partial charge in [-0.2, -0.15) is 0 Å². The van der Waals surface area contributed by atoms with Crippen LogP contribution in [0.2, 0.25) is 0 Å². The molecule has 0 bridgehead atoms. The molecule has 0 aliphatic heterocycles. The molecule has 0 atom stereocenters. The van der Waals surface area contributed by atoms with Gasteiger partial charge in [-0.3, -0.25) is 0 Å². The first-order valence-corrected chi connectivity index (χ1v) is 5.17. The predicted molar refractivity (Wildman–Crippen MR) is 60.6 cm³/mol. The summed E-state index contributed by atoms with van der Waals surface area (Å²) < 4.78 is 19.1. The molecule has 0 fully saturated rings. The van der Waals surface area contributed by atoms with Crippen LogP contribution in [0.3, 0.4) is 0 Å². The van der Waals surface area contributed by atoms with Gasteiger partial charge in [0.15, 0.2) is 11.6 Å². The van der Waals surface area contributed by atoms with Crippen molar-refractivity contribution in [3.63, 3.8) is 0 Å². The summed E-state index contributed by atoms with van der Waals surface area (Å²) in [6.07, 6.45) is 0. The lowest BCUT2D eigenvalue weighted by molar-refractivity contribution is -0.00219. The van der Waals surface area contributed by atoms with Gasteiger partial charge in [-0.05, 0) is 26.0 Å². The number of rotatable bonds is 2. The number of hydrogen-bond acceptors (Lipinski definition) is 1. The van der Waals surface area contributed by atoms with E-state index in [1.54, 1.807) is 18.2 Å². The molecule has 1 aromatic rings. The predicted octanol–water partition coefficient (Wildman–Crippen LogP) is 4.03. The molecule has 0 aliphatic carbocycles. The zero-order chi connectivity index (χ0) is 11.7. The summed E-state index contributed by atoms with van der Waals surface area (Å²) in [6.45, 7) is 10.2. The van der Waals surface area contributed by atoms with E-state index in [4.69, 9.17) is 4.74 Å².